The Kier molecular flexibility index (Phi) is 5.60. The van der Waals surface area contributed by atoms with E-state index in [-0.39, 0.29) is 18.0 Å². The fraction of sp³-hybridized carbons (Fsp3) is 0.250. The fourth-order valence-electron chi connectivity index (χ4n) is 0.971. The van der Waals surface area contributed by atoms with Gasteiger partial charge in [-0.2, -0.15) is 13.2 Å². The second-order valence-electron chi connectivity index (χ2n) is 2.65. The second kappa shape index (κ2) is 5.52. The van der Waals surface area contributed by atoms with Crippen LogP contribution in [0.3, 0.4) is 0 Å². The van der Waals surface area contributed by atoms with Crippen molar-refractivity contribution in [2.45, 2.75) is 12.2 Å². The largest absolute Gasteiger partial charge is 0.407 e. The summed E-state index contributed by atoms with van der Waals surface area (Å²) in [5.41, 5.74) is 5.10. The van der Waals surface area contributed by atoms with Gasteiger partial charge in [-0.1, -0.05) is 37.9 Å². The molecule has 1 atom stereocenters. The number of hydrogen-bond donors (Lipinski definition) is 1. The summed E-state index contributed by atoms with van der Waals surface area (Å²) in [6.45, 7) is 0. The third-order valence-corrected chi connectivity index (χ3v) is 3.05. The smallest absolute Gasteiger partial charge is 0.316 e. The average molecular weight is 369 g/mol. The Hall–Kier alpha value is 0.220. The molecule has 15 heavy (non-hydrogen) atoms. The van der Waals surface area contributed by atoms with Gasteiger partial charge in [0.25, 0.3) is 0 Å². The molecule has 0 spiro atoms. The molecule has 0 fully saturated rings. The first-order chi connectivity index (χ1) is 6.34. The fourth-order valence-corrected chi connectivity index (χ4v) is 2.46. The highest BCUT2D eigenvalue weighted by molar-refractivity contribution is 9.11. The van der Waals surface area contributed by atoms with Crippen LogP contribution in [-0.4, -0.2) is 6.18 Å². The molecule has 1 nitrogen and oxygen atoms in total. The SMILES string of the molecule is Cl.N[C@@H](c1c(Br)cccc1Br)C(F)(F)F. The zero-order chi connectivity index (χ0) is 10.9. The second-order valence-corrected chi connectivity index (χ2v) is 4.36. The van der Waals surface area contributed by atoms with Gasteiger partial charge in [0.05, 0.1) is 0 Å². The van der Waals surface area contributed by atoms with Gasteiger partial charge in [0.15, 0.2) is 0 Å². The first-order valence-electron chi connectivity index (χ1n) is 3.60. The van der Waals surface area contributed by atoms with Crippen LogP contribution < -0.4 is 5.73 Å². The minimum absolute atomic E-state index is 0. The van der Waals surface area contributed by atoms with E-state index >= 15 is 0 Å². The highest BCUT2D eigenvalue weighted by Gasteiger charge is 2.39. The summed E-state index contributed by atoms with van der Waals surface area (Å²) in [4.78, 5) is 0. The molecule has 0 amide bonds. The van der Waals surface area contributed by atoms with Crippen molar-refractivity contribution in [1.29, 1.82) is 0 Å². The van der Waals surface area contributed by atoms with Crippen LogP contribution in [0.2, 0.25) is 0 Å². The molecule has 0 aliphatic carbocycles. The van der Waals surface area contributed by atoms with Crippen molar-refractivity contribution in [3.05, 3.63) is 32.7 Å². The van der Waals surface area contributed by atoms with Gasteiger partial charge in [0.1, 0.15) is 6.04 Å². The third-order valence-electron chi connectivity index (χ3n) is 1.66. The van der Waals surface area contributed by atoms with E-state index in [2.05, 4.69) is 31.9 Å². The Morgan fingerprint density at radius 2 is 1.53 bits per heavy atom. The van der Waals surface area contributed by atoms with E-state index in [0.717, 1.165) is 0 Å². The molecule has 1 aromatic rings. The summed E-state index contributed by atoms with van der Waals surface area (Å²) in [5.74, 6) is 0. The van der Waals surface area contributed by atoms with Crippen LogP contribution in [0, 0.1) is 0 Å². The van der Waals surface area contributed by atoms with Gasteiger partial charge in [-0.3, -0.25) is 0 Å². The Morgan fingerprint density at radius 3 is 1.87 bits per heavy atom. The first-order valence-corrected chi connectivity index (χ1v) is 5.19. The van der Waals surface area contributed by atoms with E-state index < -0.39 is 12.2 Å². The lowest BCUT2D eigenvalue weighted by atomic mass is 10.1. The summed E-state index contributed by atoms with van der Waals surface area (Å²) in [6.07, 6.45) is -4.44. The van der Waals surface area contributed by atoms with E-state index in [1.807, 2.05) is 0 Å². The zero-order valence-corrected chi connectivity index (χ0v) is 11.2. The minimum atomic E-state index is -4.44. The normalized spacial score (nSPS) is 13.2. The monoisotopic (exact) mass is 367 g/mol. The quantitative estimate of drug-likeness (QED) is 0.789. The minimum Gasteiger partial charge on any atom is -0.316 e. The molecule has 0 aliphatic rings. The van der Waals surface area contributed by atoms with Crippen LogP contribution in [0.15, 0.2) is 27.1 Å². The van der Waals surface area contributed by atoms with Gasteiger partial charge in [-0.05, 0) is 12.1 Å². The lowest BCUT2D eigenvalue weighted by Crippen LogP contribution is -2.29. The van der Waals surface area contributed by atoms with Crippen LogP contribution in [0.5, 0.6) is 0 Å². The molecule has 0 unspecified atom stereocenters. The zero-order valence-electron chi connectivity index (χ0n) is 7.18. The maximum atomic E-state index is 12.3. The summed E-state index contributed by atoms with van der Waals surface area (Å²) in [5, 5.41) is 0. The van der Waals surface area contributed by atoms with Crippen LogP contribution in [-0.2, 0) is 0 Å². The maximum Gasteiger partial charge on any atom is 0.407 e. The molecule has 0 aliphatic heterocycles. The number of hydrogen-bond acceptors (Lipinski definition) is 1. The number of halogens is 6. The van der Waals surface area contributed by atoms with Crippen molar-refractivity contribution < 1.29 is 13.2 Å². The number of nitrogens with two attached hydrogens (primary N) is 1. The van der Waals surface area contributed by atoms with Gasteiger partial charge >= 0.3 is 6.18 Å². The number of benzene rings is 1. The molecular formula is C8H7Br2ClF3N. The van der Waals surface area contributed by atoms with Crippen LogP contribution in [0.4, 0.5) is 13.2 Å². The van der Waals surface area contributed by atoms with Crippen molar-refractivity contribution >= 4 is 44.3 Å². The molecule has 1 rings (SSSR count). The third kappa shape index (κ3) is 3.62. The van der Waals surface area contributed by atoms with E-state index in [9.17, 15) is 13.2 Å². The molecule has 1 aromatic carbocycles. The Balaban J connectivity index is 0.00000196. The van der Waals surface area contributed by atoms with Crippen molar-refractivity contribution in [3.8, 4) is 0 Å². The molecule has 0 radical (unpaired) electrons. The van der Waals surface area contributed by atoms with Gasteiger partial charge in [-0.25, -0.2) is 0 Å². The van der Waals surface area contributed by atoms with E-state index in [4.69, 9.17) is 5.73 Å². The van der Waals surface area contributed by atoms with Crippen molar-refractivity contribution in [1.82, 2.24) is 0 Å². The summed E-state index contributed by atoms with van der Waals surface area (Å²) in [6, 6.07) is 2.69. The lowest BCUT2D eigenvalue weighted by Gasteiger charge is -2.18. The summed E-state index contributed by atoms with van der Waals surface area (Å²) in [7, 11) is 0. The van der Waals surface area contributed by atoms with Crippen LogP contribution >= 0.6 is 44.3 Å². The number of rotatable bonds is 1. The summed E-state index contributed by atoms with van der Waals surface area (Å²) < 4.78 is 37.7. The predicted molar refractivity (Wildman–Crippen MR) is 62.1 cm³/mol. The van der Waals surface area contributed by atoms with E-state index in [0.29, 0.717) is 8.95 Å². The topological polar surface area (TPSA) is 26.0 Å². The van der Waals surface area contributed by atoms with Crippen molar-refractivity contribution in [3.63, 3.8) is 0 Å². The molecule has 0 saturated carbocycles. The van der Waals surface area contributed by atoms with Crippen molar-refractivity contribution in [2.24, 2.45) is 5.73 Å². The maximum absolute atomic E-state index is 12.3. The van der Waals surface area contributed by atoms with Gasteiger partial charge < -0.3 is 5.73 Å². The van der Waals surface area contributed by atoms with E-state index in [1.165, 1.54) is 12.1 Å². The van der Waals surface area contributed by atoms with Gasteiger partial charge in [0.2, 0.25) is 0 Å². The molecule has 0 bridgehead atoms. The highest BCUT2D eigenvalue weighted by Crippen LogP contribution is 2.38. The molecule has 2 N–H and O–H groups in total. The highest BCUT2D eigenvalue weighted by atomic mass is 79.9. The van der Waals surface area contributed by atoms with Gasteiger partial charge in [-0.15, -0.1) is 12.4 Å². The molecule has 7 heteroatoms. The molecule has 0 aromatic heterocycles. The molecule has 0 saturated heterocycles. The van der Waals surface area contributed by atoms with Crippen LogP contribution in [0.1, 0.15) is 11.6 Å². The Bertz CT molecular complexity index is 323. The predicted octanol–water partition coefficient (Wildman–Crippen LogP) is 4.20. The van der Waals surface area contributed by atoms with Crippen LogP contribution in [0.25, 0.3) is 0 Å². The average Bonchev–Trinajstić information content (AvgIpc) is 2.01. The standard InChI is InChI=1S/C8H6Br2F3N.ClH/c9-4-2-1-3-5(10)6(4)7(14)8(11,12)13;/h1-3,7H,14H2;1H/t7-;/m0./s1. The summed E-state index contributed by atoms with van der Waals surface area (Å²) >= 11 is 6.06. The Labute approximate surface area is 108 Å². The van der Waals surface area contributed by atoms with E-state index in [1.54, 1.807) is 6.07 Å². The van der Waals surface area contributed by atoms with Crippen molar-refractivity contribution in [2.75, 3.05) is 0 Å². The first kappa shape index (κ1) is 15.2. The lowest BCUT2D eigenvalue weighted by molar-refractivity contribution is -0.149. The molecule has 86 valence electrons. The number of alkyl halides is 3. The van der Waals surface area contributed by atoms with Gasteiger partial charge in [0, 0.05) is 14.5 Å². The Morgan fingerprint density at radius 1 is 1.13 bits per heavy atom. The molecule has 0 heterocycles. The molecular weight excluding hydrogens is 362 g/mol.